The molecule has 1 atom stereocenters. The summed E-state index contributed by atoms with van der Waals surface area (Å²) in [5.41, 5.74) is 1.17. The summed E-state index contributed by atoms with van der Waals surface area (Å²) in [6.45, 7) is 6.47. The van der Waals surface area contributed by atoms with Gasteiger partial charge in [0, 0.05) is 25.8 Å². The Morgan fingerprint density at radius 3 is 3.00 bits per heavy atom. The molecule has 0 saturated heterocycles. The Kier molecular flexibility index (Phi) is 5.36. The van der Waals surface area contributed by atoms with Crippen molar-refractivity contribution in [2.75, 3.05) is 6.54 Å². The SMILES string of the molecule is CCCC(O)CNCc1ccnn1CC. The number of nitrogens with one attached hydrogen (secondary N) is 1. The maximum Gasteiger partial charge on any atom is 0.0664 e. The highest BCUT2D eigenvalue weighted by atomic mass is 16.3. The van der Waals surface area contributed by atoms with E-state index < -0.39 is 0 Å². The van der Waals surface area contributed by atoms with Crippen molar-refractivity contribution in [3.63, 3.8) is 0 Å². The first-order chi connectivity index (χ1) is 7.27. The van der Waals surface area contributed by atoms with E-state index in [1.165, 1.54) is 5.69 Å². The summed E-state index contributed by atoms with van der Waals surface area (Å²) in [7, 11) is 0. The van der Waals surface area contributed by atoms with Gasteiger partial charge < -0.3 is 10.4 Å². The lowest BCUT2D eigenvalue weighted by Crippen LogP contribution is -2.27. The number of aliphatic hydroxyl groups excluding tert-OH is 1. The van der Waals surface area contributed by atoms with E-state index in [1.54, 1.807) is 0 Å². The van der Waals surface area contributed by atoms with Crippen LogP contribution in [0.4, 0.5) is 0 Å². The van der Waals surface area contributed by atoms with Crippen molar-refractivity contribution in [2.45, 2.75) is 45.9 Å². The molecule has 1 unspecified atom stereocenters. The summed E-state index contributed by atoms with van der Waals surface area (Å²) in [5, 5.41) is 16.9. The van der Waals surface area contributed by atoms with Gasteiger partial charge in [-0.15, -0.1) is 0 Å². The Hall–Kier alpha value is -0.870. The Morgan fingerprint density at radius 1 is 1.53 bits per heavy atom. The number of hydrogen-bond donors (Lipinski definition) is 2. The number of aliphatic hydroxyl groups is 1. The van der Waals surface area contributed by atoms with Crippen molar-refractivity contribution in [3.8, 4) is 0 Å². The average molecular weight is 211 g/mol. The van der Waals surface area contributed by atoms with Crippen LogP contribution < -0.4 is 5.32 Å². The summed E-state index contributed by atoms with van der Waals surface area (Å²) in [6.07, 6.45) is 3.46. The molecular weight excluding hydrogens is 190 g/mol. The zero-order valence-electron chi connectivity index (χ0n) is 9.61. The van der Waals surface area contributed by atoms with Crippen LogP contribution in [0.25, 0.3) is 0 Å². The van der Waals surface area contributed by atoms with E-state index in [1.807, 2.05) is 16.9 Å². The summed E-state index contributed by atoms with van der Waals surface area (Å²) in [6, 6.07) is 2.00. The van der Waals surface area contributed by atoms with Gasteiger partial charge in [0.05, 0.1) is 11.8 Å². The van der Waals surface area contributed by atoms with Crippen LogP contribution in [0.15, 0.2) is 12.3 Å². The smallest absolute Gasteiger partial charge is 0.0664 e. The van der Waals surface area contributed by atoms with Crippen molar-refractivity contribution in [1.82, 2.24) is 15.1 Å². The minimum atomic E-state index is -0.229. The molecule has 4 heteroatoms. The molecule has 0 fully saturated rings. The van der Waals surface area contributed by atoms with E-state index in [0.717, 1.165) is 25.9 Å². The van der Waals surface area contributed by atoms with Gasteiger partial charge in [-0.2, -0.15) is 5.10 Å². The second kappa shape index (κ2) is 6.58. The van der Waals surface area contributed by atoms with Crippen molar-refractivity contribution in [3.05, 3.63) is 18.0 Å². The Balaban J connectivity index is 2.25. The van der Waals surface area contributed by atoms with E-state index >= 15 is 0 Å². The zero-order chi connectivity index (χ0) is 11.1. The van der Waals surface area contributed by atoms with Crippen LogP contribution in [0.2, 0.25) is 0 Å². The predicted molar refractivity (Wildman–Crippen MR) is 60.5 cm³/mol. The van der Waals surface area contributed by atoms with E-state index in [-0.39, 0.29) is 6.10 Å². The van der Waals surface area contributed by atoms with Crippen LogP contribution in [0, 0.1) is 0 Å². The first-order valence-corrected chi connectivity index (χ1v) is 5.67. The van der Waals surface area contributed by atoms with Gasteiger partial charge in [-0.05, 0) is 19.4 Å². The third kappa shape index (κ3) is 4.01. The molecule has 15 heavy (non-hydrogen) atoms. The topological polar surface area (TPSA) is 50.1 Å². The molecule has 2 N–H and O–H groups in total. The first kappa shape index (κ1) is 12.2. The Labute approximate surface area is 91.3 Å². The molecule has 0 saturated carbocycles. The van der Waals surface area contributed by atoms with E-state index in [9.17, 15) is 5.11 Å². The van der Waals surface area contributed by atoms with Crippen LogP contribution in [-0.4, -0.2) is 27.5 Å². The minimum Gasteiger partial charge on any atom is -0.392 e. The molecule has 4 nitrogen and oxygen atoms in total. The largest absolute Gasteiger partial charge is 0.392 e. The first-order valence-electron chi connectivity index (χ1n) is 5.67. The second-order valence-corrected chi connectivity index (χ2v) is 3.71. The maximum atomic E-state index is 9.52. The third-order valence-corrected chi connectivity index (χ3v) is 2.41. The lowest BCUT2D eigenvalue weighted by molar-refractivity contribution is 0.160. The Bertz CT molecular complexity index is 273. The van der Waals surface area contributed by atoms with Gasteiger partial charge in [0.2, 0.25) is 0 Å². The molecule has 1 rings (SSSR count). The van der Waals surface area contributed by atoms with E-state index in [0.29, 0.717) is 6.54 Å². The number of aryl methyl sites for hydroxylation is 1. The summed E-state index contributed by atoms with van der Waals surface area (Å²) >= 11 is 0. The Morgan fingerprint density at radius 2 is 2.33 bits per heavy atom. The number of rotatable bonds is 7. The fourth-order valence-electron chi connectivity index (χ4n) is 1.60. The molecule has 0 aromatic carbocycles. The van der Waals surface area contributed by atoms with Crippen molar-refractivity contribution < 1.29 is 5.11 Å². The van der Waals surface area contributed by atoms with Crippen LogP contribution in [0.1, 0.15) is 32.4 Å². The molecule has 0 aliphatic rings. The highest BCUT2D eigenvalue weighted by Crippen LogP contribution is 1.99. The number of hydrogen-bond acceptors (Lipinski definition) is 3. The van der Waals surface area contributed by atoms with Gasteiger partial charge in [-0.1, -0.05) is 13.3 Å². The van der Waals surface area contributed by atoms with Crippen LogP contribution in [-0.2, 0) is 13.1 Å². The van der Waals surface area contributed by atoms with Crippen LogP contribution >= 0.6 is 0 Å². The molecular formula is C11H21N3O. The molecule has 0 bridgehead atoms. The average Bonchev–Trinajstić information content (AvgIpc) is 2.66. The second-order valence-electron chi connectivity index (χ2n) is 3.71. The minimum absolute atomic E-state index is 0.229. The van der Waals surface area contributed by atoms with Gasteiger partial charge >= 0.3 is 0 Å². The third-order valence-electron chi connectivity index (χ3n) is 2.41. The number of nitrogens with zero attached hydrogens (tertiary/aromatic N) is 2. The normalized spacial score (nSPS) is 13.0. The molecule has 0 aliphatic heterocycles. The fraction of sp³-hybridized carbons (Fsp3) is 0.727. The monoisotopic (exact) mass is 211 g/mol. The standard InChI is InChI=1S/C11H21N3O/c1-3-5-11(15)9-12-8-10-6-7-13-14(10)4-2/h6-7,11-12,15H,3-5,8-9H2,1-2H3. The molecule has 0 aliphatic carbocycles. The lowest BCUT2D eigenvalue weighted by Gasteiger charge is -2.11. The van der Waals surface area contributed by atoms with Crippen LogP contribution in [0.5, 0.6) is 0 Å². The van der Waals surface area contributed by atoms with E-state index in [2.05, 4.69) is 24.3 Å². The summed E-state index contributed by atoms with van der Waals surface area (Å²) in [5.74, 6) is 0. The number of aromatic nitrogens is 2. The van der Waals surface area contributed by atoms with E-state index in [4.69, 9.17) is 0 Å². The van der Waals surface area contributed by atoms with Crippen molar-refractivity contribution in [2.24, 2.45) is 0 Å². The lowest BCUT2D eigenvalue weighted by atomic mass is 10.2. The highest BCUT2D eigenvalue weighted by Gasteiger charge is 2.03. The van der Waals surface area contributed by atoms with Crippen molar-refractivity contribution in [1.29, 1.82) is 0 Å². The molecule has 0 spiro atoms. The highest BCUT2D eigenvalue weighted by molar-refractivity contribution is 4.99. The fourth-order valence-corrected chi connectivity index (χ4v) is 1.60. The van der Waals surface area contributed by atoms with Gasteiger partial charge in [-0.3, -0.25) is 4.68 Å². The molecule has 86 valence electrons. The summed E-state index contributed by atoms with van der Waals surface area (Å²) < 4.78 is 1.96. The zero-order valence-corrected chi connectivity index (χ0v) is 9.61. The molecule has 0 amide bonds. The summed E-state index contributed by atoms with van der Waals surface area (Å²) in [4.78, 5) is 0. The van der Waals surface area contributed by atoms with Crippen molar-refractivity contribution >= 4 is 0 Å². The quantitative estimate of drug-likeness (QED) is 0.711. The predicted octanol–water partition coefficient (Wildman–Crippen LogP) is 1.15. The molecule has 1 heterocycles. The molecule has 0 radical (unpaired) electrons. The van der Waals surface area contributed by atoms with Gasteiger partial charge in [0.1, 0.15) is 0 Å². The van der Waals surface area contributed by atoms with Gasteiger partial charge in [0.15, 0.2) is 0 Å². The van der Waals surface area contributed by atoms with Gasteiger partial charge in [0.25, 0.3) is 0 Å². The van der Waals surface area contributed by atoms with Gasteiger partial charge in [-0.25, -0.2) is 0 Å². The van der Waals surface area contributed by atoms with Crippen LogP contribution in [0.3, 0.4) is 0 Å². The molecule has 1 aromatic heterocycles. The molecule has 1 aromatic rings. The maximum absolute atomic E-state index is 9.52.